The summed E-state index contributed by atoms with van der Waals surface area (Å²) in [5.74, 6) is -3.13. The van der Waals surface area contributed by atoms with E-state index in [1.54, 1.807) is 38.1 Å². The molecule has 12 nitrogen and oxygen atoms in total. The van der Waals surface area contributed by atoms with Crippen LogP contribution in [0, 0.1) is 19.7 Å². The van der Waals surface area contributed by atoms with E-state index >= 15 is 0 Å². The summed E-state index contributed by atoms with van der Waals surface area (Å²) in [6, 6.07) is 8.04. The number of piperidine rings is 1. The minimum Gasteiger partial charge on any atom is -0.385 e. The first kappa shape index (κ1) is 32.4. The number of amides is 6. The van der Waals surface area contributed by atoms with Gasteiger partial charge >= 0.3 is 0 Å². The van der Waals surface area contributed by atoms with E-state index in [-0.39, 0.29) is 35.8 Å². The molecule has 13 heteroatoms. The molecule has 0 spiro atoms. The Bertz CT molecular complexity index is 1910. The first-order valence-electron chi connectivity index (χ1n) is 15.9. The lowest BCUT2D eigenvalue weighted by molar-refractivity contribution is -0.136. The number of aryl methyl sites for hydroxylation is 1. The summed E-state index contributed by atoms with van der Waals surface area (Å²) in [7, 11) is 0. The van der Waals surface area contributed by atoms with E-state index in [1.807, 2.05) is 0 Å². The van der Waals surface area contributed by atoms with Crippen molar-refractivity contribution >= 4 is 58.5 Å². The van der Waals surface area contributed by atoms with Gasteiger partial charge in [0.1, 0.15) is 11.9 Å². The number of unbranched alkanes of at least 4 members (excludes halogenated alkanes) is 3. The lowest BCUT2D eigenvalue weighted by Crippen LogP contribution is -2.54. The van der Waals surface area contributed by atoms with Gasteiger partial charge in [-0.2, -0.15) is 0 Å². The molecular weight excluding hydrogens is 619 g/mol. The van der Waals surface area contributed by atoms with E-state index < -0.39 is 35.5 Å². The molecule has 3 aromatic rings. The third-order valence-electron chi connectivity index (χ3n) is 8.91. The third-order valence-corrected chi connectivity index (χ3v) is 8.91. The number of nitrogens with one attached hydrogen (secondary N) is 5. The third kappa shape index (κ3) is 6.23. The molecule has 0 radical (unpaired) electrons. The first-order chi connectivity index (χ1) is 23.0. The van der Waals surface area contributed by atoms with Crippen molar-refractivity contribution in [2.45, 2.75) is 58.4 Å². The molecule has 6 amide bonds. The van der Waals surface area contributed by atoms with Crippen LogP contribution in [0.15, 0.2) is 36.4 Å². The molecule has 3 aliphatic rings. The summed E-state index contributed by atoms with van der Waals surface area (Å²) >= 11 is 0. The van der Waals surface area contributed by atoms with Crippen LogP contribution in [0.3, 0.4) is 0 Å². The van der Waals surface area contributed by atoms with Crippen LogP contribution in [0.1, 0.15) is 92.1 Å². The molecule has 48 heavy (non-hydrogen) atoms. The maximum atomic E-state index is 13.8. The second-order valence-electron chi connectivity index (χ2n) is 12.2. The lowest BCUT2D eigenvalue weighted by Gasteiger charge is -2.27. The Kier molecular flexibility index (Phi) is 8.94. The highest BCUT2D eigenvalue weighted by Crippen LogP contribution is 2.34. The van der Waals surface area contributed by atoms with Crippen molar-refractivity contribution in [1.82, 2.24) is 20.5 Å². The number of fused-ring (bicyclic) bond motifs is 2. The van der Waals surface area contributed by atoms with Gasteiger partial charge in [-0.15, -0.1) is 0 Å². The molecular formula is C35H35FN6O6. The van der Waals surface area contributed by atoms with E-state index in [4.69, 9.17) is 0 Å². The number of H-pyrrole nitrogens is 1. The van der Waals surface area contributed by atoms with Crippen molar-refractivity contribution in [3.8, 4) is 0 Å². The van der Waals surface area contributed by atoms with E-state index in [1.165, 1.54) is 18.2 Å². The van der Waals surface area contributed by atoms with Gasteiger partial charge in [0.15, 0.2) is 0 Å². The number of imide groups is 2. The van der Waals surface area contributed by atoms with E-state index in [9.17, 15) is 33.2 Å². The largest absolute Gasteiger partial charge is 0.385 e. The second kappa shape index (κ2) is 13.3. The monoisotopic (exact) mass is 654 g/mol. The molecule has 4 heterocycles. The summed E-state index contributed by atoms with van der Waals surface area (Å²) in [5, 5.41) is 11.2. The Labute approximate surface area is 275 Å². The molecule has 0 bridgehead atoms. The standard InChI is InChI=1S/C35H35FN6O6/c1-18-27(17-24-23-15-20(36)7-10-26(23)40-31(24)44)39-19(2)30(18)33(46)38-14-6-4-3-5-13-37-21-8-9-22-25(16-21)35(48)42(34(22)47)28-11-12-29(43)41-32(28)45/h7-10,15-17,28,37,39H,3-6,11-14H2,1-2H3,(H,38,46)(H,40,44)(H,41,43,45)/b24-17-. The Morgan fingerprint density at radius 2 is 1.67 bits per heavy atom. The van der Waals surface area contributed by atoms with Gasteiger partial charge in [0, 0.05) is 47.8 Å². The average molecular weight is 655 g/mol. The van der Waals surface area contributed by atoms with Crippen LogP contribution in [-0.2, 0) is 14.4 Å². The van der Waals surface area contributed by atoms with Crippen molar-refractivity contribution < 1.29 is 33.2 Å². The van der Waals surface area contributed by atoms with Gasteiger partial charge in [-0.25, -0.2) is 4.39 Å². The van der Waals surface area contributed by atoms with Crippen molar-refractivity contribution in [2.24, 2.45) is 0 Å². The molecule has 1 unspecified atom stereocenters. The van der Waals surface area contributed by atoms with Crippen LogP contribution in [0.4, 0.5) is 15.8 Å². The maximum Gasteiger partial charge on any atom is 0.262 e. The van der Waals surface area contributed by atoms with Crippen LogP contribution in [0.2, 0.25) is 0 Å². The Balaban J connectivity index is 0.943. The van der Waals surface area contributed by atoms with Crippen LogP contribution in [0.5, 0.6) is 0 Å². The fraction of sp³-hybridized carbons (Fsp3) is 0.314. The van der Waals surface area contributed by atoms with Gasteiger partial charge < -0.3 is 20.9 Å². The SMILES string of the molecule is Cc1[nH]c(/C=C2\C(=O)Nc3ccc(F)cc32)c(C)c1C(=O)NCCCCCCNc1ccc2c(c1)C(=O)N(C1CCC(=O)NC1=O)C2=O. The number of carbonyl (C=O) groups is 6. The highest BCUT2D eigenvalue weighted by molar-refractivity contribution is 6.35. The topological polar surface area (TPSA) is 170 Å². The number of rotatable bonds is 11. The number of hydrogen-bond donors (Lipinski definition) is 5. The summed E-state index contributed by atoms with van der Waals surface area (Å²) in [4.78, 5) is 79.3. The van der Waals surface area contributed by atoms with E-state index in [0.29, 0.717) is 58.1 Å². The second-order valence-corrected chi connectivity index (χ2v) is 12.2. The van der Waals surface area contributed by atoms with Crippen molar-refractivity contribution in [3.05, 3.63) is 81.4 Å². The highest BCUT2D eigenvalue weighted by atomic mass is 19.1. The van der Waals surface area contributed by atoms with Gasteiger partial charge in [-0.3, -0.25) is 39.0 Å². The molecule has 1 atom stereocenters. The zero-order valence-corrected chi connectivity index (χ0v) is 26.6. The molecule has 248 valence electrons. The lowest BCUT2D eigenvalue weighted by atomic mass is 10.0. The highest BCUT2D eigenvalue weighted by Gasteiger charge is 2.44. The van der Waals surface area contributed by atoms with Crippen LogP contribution in [0.25, 0.3) is 11.6 Å². The summed E-state index contributed by atoms with van der Waals surface area (Å²) < 4.78 is 13.8. The number of carbonyl (C=O) groups excluding carboxylic acids is 6. The normalized spacial score (nSPS) is 17.8. The van der Waals surface area contributed by atoms with Gasteiger partial charge in [0.05, 0.1) is 22.3 Å². The number of hydrogen-bond acceptors (Lipinski definition) is 7. The molecule has 3 aliphatic heterocycles. The molecule has 2 aromatic carbocycles. The van der Waals surface area contributed by atoms with Crippen molar-refractivity contribution in [2.75, 3.05) is 23.7 Å². The Morgan fingerprint density at radius 1 is 0.917 bits per heavy atom. The minimum absolute atomic E-state index is 0.0674. The number of halogens is 1. The van der Waals surface area contributed by atoms with Crippen LogP contribution in [-0.4, -0.2) is 64.5 Å². The van der Waals surface area contributed by atoms with E-state index in [2.05, 4.69) is 26.3 Å². The van der Waals surface area contributed by atoms with Crippen LogP contribution < -0.4 is 21.3 Å². The van der Waals surface area contributed by atoms with Crippen molar-refractivity contribution in [3.63, 3.8) is 0 Å². The molecule has 0 saturated carbocycles. The number of anilines is 2. The zero-order valence-electron chi connectivity index (χ0n) is 26.6. The zero-order chi connectivity index (χ0) is 34.1. The van der Waals surface area contributed by atoms with E-state index in [0.717, 1.165) is 30.6 Å². The minimum atomic E-state index is -0.999. The molecule has 1 saturated heterocycles. The first-order valence-corrected chi connectivity index (χ1v) is 15.9. The molecule has 0 aliphatic carbocycles. The fourth-order valence-corrected chi connectivity index (χ4v) is 6.41. The predicted octanol–water partition coefficient (Wildman–Crippen LogP) is 4.07. The van der Waals surface area contributed by atoms with Crippen molar-refractivity contribution in [1.29, 1.82) is 0 Å². The fourth-order valence-electron chi connectivity index (χ4n) is 6.41. The smallest absolute Gasteiger partial charge is 0.262 e. The predicted molar refractivity (Wildman–Crippen MR) is 176 cm³/mol. The number of benzene rings is 2. The van der Waals surface area contributed by atoms with Gasteiger partial charge in [0.25, 0.3) is 23.6 Å². The summed E-state index contributed by atoms with van der Waals surface area (Å²) in [5.41, 5.74) is 4.98. The van der Waals surface area contributed by atoms with Gasteiger partial charge in [-0.05, 0) is 81.1 Å². The molecule has 1 aromatic heterocycles. The quantitative estimate of drug-likeness (QED) is 0.118. The number of aromatic amines is 1. The van der Waals surface area contributed by atoms with Gasteiger partial charge in [0.2, 0.25) is 11.8 Å². The number of nitrogens with zero attached hydrogens (tertiary/aromatic N) is 1. The average Bonchev–Trinajstić information content (AvgIpc) is 3.60. The Morgan fingerprint density at radius 3 is 2.44 bits per heavy atom. The Hall–Kier alpha value is -5.59. The molecule has 6 rings (SSSR count). The molecule has 5 N–H and O–H groups in total. The van der Waals surface area contributed by atoms with Gasteiger partial charge in [-0.1, -0.05) is 12.8 Å². The van der Waals surface area contributed by atoms with Crippen LogP contribution >= 0.6 is 0 Å². The molecule has 1 fully saturated rings. The maximum absolute atomic E-state index is 13.8. The number of aromatic nitrogens is 1. The summed E-state index contributed by atoms with van der Waals surface area (Å²) in [6.07, 6.45) is 5.22. The summed E-state index contributed by atoms with van der Waals surface area (Å²) in [6.45, 7) is 4.73.